The van der Waals surface area contributed by atoms with Gasteiger partial charge in [0.05, 0.1) is 29.3 Å². The second kappa shape index (κ2) is 9.13. The van der Waals surface area contributed by atoms with Gasteiger partial charge < -0.3 is 9.88 Å². The molecule has 9 heteroatoms. The first kappa shape index (κ1) is 22.5. The summed E-state index contributed by atoms with van der Waals surface area (Å²) in [7, 11) is 0. The Balaban J connectivity index is 1.36. The van der Waals surface area contributed by atoms with Gasteiger partial charge in [0.1, 0.15) is 0 Å². The Kier molecular flexibility index (Phi) is 6.03. The van der Waals surface area contributed by atoms with E-state index >= 15 is 0 Å². The summed E-state index contributed by atoms with van der Waals surface area (Å²) in [6.07, 6.45) is 1.09. The molecule has 34 heavy (non-hydrogen) atoms. The summed E-state index contributed by atoms with van der Waals surface area (Å²) in [4.78, 5) is 21.1. The maximum Gasteiger partial charge on any atom is 0.416 e. The molecule has 2 heterocycles. The van der Waals surface area contributed by atoms with E-state index in [-0.39, 0.29) is 5.91 Å². The molecule has 5 rings (SSSR count). The maximum absolute atomic E-state index is 13.1. The monoisotopic (exact) mass is 482 g/mol. The summed E-state index contributed by atoms with van der Waals surface area (Å²) in [6.45, 7) is 0.498. The Hall–Kier alpha value is -3.33. The zero-order valence-corrected chi connectivity index (χ0v) is 18.9. The van der Waals surface area contributed by atoms with Gasteiger partial charge in [0, 0.05) is 23.6 Å². The lowest BCUT2D eigenvalue weighted by Crippen LogP contribution is -2.25. The number of carbonyl (C=O) groups excluding carboxylic acids is 1. The van der Waals surface area contributed by atoms with E-state index in [0.717, 1.165) is 35.5 Å². The van der Waals surface area contributed by atoms with E-state index in [1.54, 1.807) is 30.6 Å². The van der Waals surface area contributed by atoms with Gasteiger partial charge in [-0.1, -0.05) is 42.1 Å². The number of alkyl halides is 3. The number of halogens is 3. The van der Waals surface area contributed by atoms with Crippen LogP contribution in [0, 0.1) is 0 Å². The SMILES string of the molecule is O=C(NC1CC1)c1ccc(Cn2c(SCc3cccc(C(F)(F)F)c3)nc3ccncc32)cc1. The quantitative estimate of drug-likeness (QED) is 0.344. The Bertz CT molecular complexity index is 1330. The second-order valence-electron chi connectivity index (χ2n) is 8.28. The Morgan fingerprint density at radius 3 is 2.62 bits per heavy atom. The van der Waals surface area contributed by atoms with Gasteiger partial charge in [-0.25, -0.2) is 4.98 Å². The van der Waals surface area contributed by atoms with E-state index in [1.165, 1.54) is 23.9 Å². The predicted octanol–water partition coefficient (Wildman–Crippen LogP) is 5.68. The molecule has 1 aliphatic rings. The molecule has 5 nitrogen and oxygen atoms in total. The highest BCUT2D eigenvalue weighted by Crippen LogP contribution is 2.32. The van der Waals surface area contributed by atoms with E-state index in [1.807, 2.05) is 22.8 Å². The number of thioether (sulfide) groups is 1. The number of nitrogens with one attached hydrogen (secondary N) is 1. The fraction of sp³-hybridized carbons (Fsp3) is 0.240. The molecule has 1 N–H and O–H groups in total. The average Bonchev–Trinajstić information content (AvgIpc) is 3.58. The van der Waals surface area contributed by atoms with Crippen LogP contribution in [0.2, 0.25) is 0 Å². The van der Waals surface area contributed by atoms with Gasteiger partial charge in [-0.15, -0.1) is 0 Å². The molecule has 0 atom stereocenters. The van der Waals surface area contributed by atoms with Gasteiger partial charge in [0.25, 0.3) is 5.91 Å². The number of hydrogen-bond donors (Lipinski definition) is 1. The number of hydrogen-bond acceptors (Lipinski definition) is 4. The second-order valence-corrected chi connectivity index (χ2v) is 9.22. The molecule has 0 aliphatic heterocycles. The van der Waals surface area contributed by atoms with Crippen LogP contribution in [0.1, 0.15) is 39.9 Å². The summed E-state index contributed by atoms with van der Waals surface area (Å²) in [6, 6.07) is 14.9. The van der Waals surface area contributed by atoms with Gasteiger partial charge in [-0.2, -0.15) is 13.2 Å². The Morgan fingerprint density at radius 2 is 1.88 bits per heavy atom. The first-order chi connectivity index (χ1) is 16.4. The average molecular weight is 483 g/mol. The van der Waals surface area contributed by atoms with Crippen LogP contribution in [0.4, 0.5) is 13.2 Å². The summed E-state index contributed by atoms with van der Waals surface area (Å²) in [5.74, 6) is 0.282. The highest BCUT2D eigenvalue weighted by atomic mass is 32.2. The molecule has 1 amide bonds. The molecular weight excluding hydrogens is 461 g/mol. The van der Waals surface area contributed by atoms with Crippen molar-refractivity contribution in [3.63, 3.8) is 0 Å². The maximum atomic E-state index is 13.1. The highest BCUT2D eigenvalue weighted by Gasteiger charge is 2.30. The number of carbonyl (C=O) groups is 1. The minimum Gasteiger partial charge on any atom is -0.349 e. The third kappa shape index (κ3) is 5.09. The first-order valence-corrected chi connectivity index (χ1v) is 11.8. The van der Waals surface area contributed by atoms with Crippen molar-refractivity contribution >= 4 is 28.7 Å². The van der Waals surface area contributed by atoms with Crippen molar-refractivity contribution in [2.24, 2.45) is 0 Å². The van der Waals surface area contributed by atoms with Crippen LogP contribution in [0.3, 0.4) is 0 Å². The van der Waals surface area contributed by atoms with E-state index < -0.39 is 11.7 Å². The topological polar surface area (TPSA) is 59.8 Å². The summed E-state index contributed by atoms with van der Waals surface area (Å²) < 4.78 is 41.2. The van der Waals surface area contributed by atoms with Crippen LogP contribution in [0.25, 0.3) is 11.0 Å². The van der Waals surface area contributed by atoms with E-state index in [0.29, 0.717) is 34.6 Å². The lowest BCUT2D eigenvalue weighted by molar-refractivity contribution is -0.137. The molecule has 1 fully saturated rings. The lowest BCUT2D eigenvalue weighted by Gasteiger charge is -2.11. The Morgan fingerprint density at radius 1 is 1.09 bits per heavy atom. The number of amides is 1. The first-order valence-electron chi connectivity index (χ1n) is 10.9. The summed E-state index contributed by atoms with van der Waals surface area (Å²) in [5.41, 5.74) is 3.11. The van der Waals surface area contributed by atoms with Crippen molar-refractivity contribution in [1.82, 2.24) is 19.9 Å². The molecule has 2 aromatic carbocycles. The van der Waals surface area contributed by atoms with Crippen molar-refractivity contribution in [2.45, 2.75) is 42.5 Å². The number of rotatable bonds is 7. The van der Waals surface area contributed by atoms with Crippen LogP contribution in [-0.2, 0) is 18.5 Å². The number of pyridine rings is 1. The lowest BCUT2D eigenvalue weighted by atomic mass is 10.1. The molecule has 0 radical (unpaired) electrons. The minimum atomic E-state index is -4.37. The van der Waals surface area contributed by atoms with Crippen LogP contribution in [-0.4, -0.2) is 26.5 Å². The molecule has 0 bridgehead atoms. The molecule has 0 spiro atoms. The van der Waals surface area contributed by atoms with Crippen LogP contribution < -0.4 is 5.32 Å². The van der Waals surface area contributed by atoms with Crippen molar-refractivity contribution in [1.29, 1.82) is 0 Å². The number of nitrogens with zero attached hydrogens (tertiary/aromatic N) is 3. The molecule has 0 unspecified atom stereocenters. The van der Waals surface area contributed by atoms with Crippen LogP contribution in [0.15, 0.2) is 72.1 Å². The molecule has 1 saturated carbocycles. The number of aromatic nitrogens is 3. The van der Waals surface area contributed by atoms with E-state index in [9.17, 15) is 18.0 Å². The molecule has 1 aliphatic carbocycles. The zero-order valence-electron chi connectivity index (χ0n) is 18.0. The molecule has 174 valence electrons. The van der Waals surface area contributed by atoms with Gasteiger partial charge in [-0.3, -0.25) is 9.78 Å². The third-order valence-electron chi connectivity index (χ3n) is 5.61. The van der Waals surface area contributed by atoms with Crippen molar-refractivity contribution < 1.29 is 18.0 Å². The van der Waals surface area contributed by atoms with E-state index in [4.69, 9.17) is 0 Å². The van der Waals surface area contributed by atoms with Gasteiger partial charge in [0.2, 0.25) is 0 Å². The van der Waals surface area contributed by atoms with Gasteiger partial charge in [0.15, 0.2) is 5.16 Å². The standard InChI is InChI=1S/C25H21F3N4OS/c26-25(27,28)19-3-1-2-17(12-19)15-34-24-31-21-10-11-29-13-22(21)32(24)14-16-4-6-18(7-5-16)23(33)30-20-8-9-20/h1-7,10-13,20H,8-9,14-15H2,(H,30,33). The number of imidazole rings is 1. The highest BCUT2D eigenvalue weighted by molar-refractivity contribution is 7.98. The van der Waals surface area contributed by atoms with Gasteiger partial charge >= 0.3 is 6.18 Å². The van der Waals surface area contributed by atoms with Gasteiger partial charge in [-0.05, 0) is 48.2 Å². The Labute approximate surface area is 198 Å². The molecule has 2 aromatic heterocycles. The van der Waals surface area contributed by atoms with Crippen molar-refractivity contribution in [3.05, 3.63) is 89.2 Å². The van der Waals surface area contributed by atoms with Crippen LogP contribution >= 0.6 is 11.8 Å². The largest absolute Gasteiger partial charge is 0.416 e. The number of benzene rings is 2. The van der Waals surface area contributed by atoms with Crippen molar-refractivity contribution in [3.8, 4) is 0 Å². The zero-order chi connectivity index (χ0) is 23.7. The fourth-order valence-electron chi connectivity index (χ4n) is 3.64. The number of fused-ring (bicyclic) bond motifs is 1. The summed E-state index contributed by atoms with van der Waals surface area (Å²) >= 11 is 1.38. The van der Waals surface area contributed by atoms with Crippen LogP contribution in [0.5, 0.6) is 0 Å². The molecular formula is C25H21F3N4OS. The normalized spacial score (nSPS) is 13.9. The molecule has 0 saturated heterocycles. The summed E-state index contributed by atoms with van der Waals surface area (Å²) in [5, 5.41) is 3.67. The smallest absolute Gasteiger partial charge is 0.349 e. The predicted molar refractivity (Wildman–Crippen MR) is 125 cm³/mol. The third-order valence-corrected chi connectivity index (χ3v) is 6.65. The van der Waals surface area contributed by atoms with Crippen molar-refractivity contribution in [2.75, 3.05) is 0 Å². The fourth-order valence-corrected chi connectivity index (χ4v) is 4.59. The minimum absolute atomic E-state index is 0.0661. The molecule has 4 aromatic rings. The van der Waals surface area contributed by atoms with E-state index in [2.05, 4.69) is 15.3 Å².